The molecule has 0 radical (unpaired) electrons. The number of amides is 1. The van der Waals surface area contributed by atoms with E-state index in [9.17, 15) is 4.79 Å². The zero-order valence-corrected chi connectivity index (χ0v) is 13.1. The quantitative estimate of drug-likeness (QED) is 0.853. The molecule has 2 heterocycles. The van der Waals surface area contributed by atoms with Gasteiger partial charge in [0.25, 0.3) is 5.91 Å². The van der Waals surface area contributed by atoms with Crippen molar-refractivity contribution >= 4 is 5.91 Å². The Hall–Kier alpha value is -2.25. The summed E-state index contributed by atoms with van der Waals surface area (Å²) in [7, 11) is 1.54. The fraction of sp³-hybridized carbons (Fsp3) is 0.438. The summed E-state index contributed by atoms with van der Waals surface area (Å²) in [6.07, 6.45) is -1.03. The number of nitrogens with zero attached hydrogens (tertiary/aromatic N) is 3. The first-order valence-corrected chi connectivity index (χ1v) is 7.47. The molecule has 0 spiro atoms. The van der Waals surface area contributed by atoms with E-state index in [1.807, 2.05) is 30.3 Å². The van der Waals surface area contributed by atoms with E-state index in [1.165, 1.54) is 7.11 Å². The molecule has 2 unspecified atom stereocenters. The summed E-state index contributed by atoms with van der Waals surface area (Å²) in [5, 5.41) is 7.78. The molecule has 1 amide bonds. The minimum Gasteiger partial charge on any atom is -0.423 e. The first kappa shape index (κ1) is 15.6. The maximum atomic E-state index is 12.8. The van der Waals surface area contributed by atoms with Gasteiger partial charge in [-0.25, -0.2) is 0 Å². The van der Waals surface area contributed by atoms with Crippen LogP contribution in [0.2, 0.25) is 0 Å². The second-order valence-corrected chi connectivity index (χ2v) is 5.33. The van der Waals surface area contributed by atoms with Gasteiger partial charge in [-0.05, 0) is 5.56 Å². The molecule has 1 aliphatic rings. The van der Waals surface area contributed by atoms with Crippen LogP contribution in [0.4, 0.5) is 0 Å². The Labute approximate surface area is 134 Å². The van der Waals surface area contributed by atoms with Gasteiger partial charge >= 0.3 is 0 Å². The van der Waals surface area contributed by atoms with E-state index in [-0.39, 0.29) is 5.91 Å². The second-order valence-electron chi connectivity index (χ2n) is 5.33. The van der Waals surface area contributed by atoms with Crippen molar-refractivity contribution in [3.8, 4) is 0 Å². The number of carbonyl (C=O) groups excluding carboxylic acids is 1. The van der Waals surface area contributed by atoms with Gasteiger partial charge in [-0.2, -0.15) is 0 Å². The molecule has 7 nitrogen and oxygen atoms in total. The molecule has 0 aliphatic carbocycles. The Kier molecular flexibility index (Phi) is 4.68. The van der Waals surface area contributed by atoms with Crippen molar-refractivity contribution in [1.29, 1.82) is 0 Å². The van der Waals surface area contributed by atoms with Gasteiger partial charge in [0.2, 0.25) is 11.8 Å². The first-order chi connectivity index (χ1) is 11.2. The summed E-state index contributed by atoms with van der Waals surface area (Å²) < 4.78 is 16.5. The molecule has 1 aromatic carbocycles. The third-order valence-electron chi connectivity index (χ3n) is 3.76. The number of benzene rings is 1. The molecule has 2 atom stereocenters. The number of morpholine rings is 1. The van der Waals surface area contributed by atoms with Gasteiger partial charge in [-0.1, -0.05) is 30.3 Å². The number of carbonyl (C=O) groups is 1. The van der Waals surface area contributed by atoms with Crippen LogP contribution in [0.5, 0.6) is 0 Å². The topological polar surface area (TPSA) is 77.7 Å². The van der Waals surface area contributed by atoms with Gasteiger partial charge in [0.15, 0.2) is 12.2 Å². The van der Waals surface area contributed by atoms with Crippen LogP contribution < -0.4 is 0 Å². The van der Waals surface area contributed by atoms with Gasteiger partial charge in [0, 0.05) is 20.6 Å². The van der Waals surface area contributed by atoms with Crippen molar-refractivity contribution in [2.45, 2.75) is 19.1 Å². The van der Waals surface area contributed by atoms with E-state index in [4.69, 9.17) is 13.9 Å². The summed E-state index contributed by atoms with van der Waals surface area (Å²) in [6.45, 7) is 3.02. The highest BCUT2D eigenvalue weighted by Crippen LogP contribution is 2.25. The number of ether oxygens (including phenoxy) is 2. The number of aryl methyl sites for hydroxylation is 1. The molecular formula is C16H19N3O4. The molecule has 1 aliphatic heterocycles. The molecule has 7 heteroatoms. The lowest BCUT2D eigenvalue weighted by atomic mass is 10.1. The fourth-order valence-corrected chi connectivity index (χ4v) is 2.61. The lowest BCUT2D eigenvalue weighted by Gasteiger charge is -2.33. The number of rotatable bonds is 4. The van der Waals surface area contributed by atoms with Crippen molar-refractivity contribution in [1.82, 2.24) is 15.1 Å². The highest BCUT2D eigenvalue weighted by molar-refractivity contribution is 5.82. The van der Waals surface area contributed by atoms with Crippen LogP contribution in [0.25, 0.3) is 0 Å². The van der Waals surface area contributed by atoms with Gasteiger partial charge in [-0.15, -0.1) is 10.2 Å². The summed E-state index contributed by atoms with van der Waals surface area (Å²) >= 11 is 0. The number of aromatic nitrogens is 2. The number of hydrogen-bond acceptors (Lipinski definition) is 6. The van der Waals surface area contributed by atoms with Gasteiger partial charge in [0.05, 0.1) is 13.2 Å². The Morgan fingerprint density at radius 1 is 1.35 bits per heavy atom. The largest absolute Gasteiger partial charge is 0.423 e. The molecular weight excluding hydrogens is 298 g/mol. The highest BCUT2D eigenvalue weighted by Gasteiger charge is 2.33. The van der Waals surface area contributed by atoms with Gasteiger partial charge in [-0.3, -0.25) is 4.79 Å². The van der Waals surface area contributed by atoms with Crippen LogP contribution in [0.1, 0.15) is 29.6 Å². The predicted octanol–water partition coefficient (Wildman–Crippen LogP) is 1.67. The predicted molar refractivity (Wildman–Crippen MR) is 80.5 cm³/mol. The normalized spacial score (nSPS) is 19.6. The lowest BCUT2D eigenvalue weighted by molar-refractivity contribution is -0.150. The van der Waals surface area contributed by atoms with E-state index >= 15 is 0 Å². The van der Waals surface area contributed by atoms with Crippen LogP contribution in [0.3, 0.4) is 0 Å². The average Bonchev–Trinajstić information content (AvgIpc) is 3.03. The molecule has 1 aromatic heterocycles. The third kappa shape index (κ3) is 3.40. The third-order valence-corrected chi connectivity index (χ3v) is 3.76. The number of hydrogen-bond donors (Lipinski definition) is 0. The number of methoxy groups -OCH3 is 1. The zero-order valence-electron chi connectivity index (χ0n) is 13.1. The van der Waals surface area contributed by atoms with E-state index in [1.54, 1.807) is 11.8 Å². The van der Waals surface area contributed by atoms with Crippen molar-refractivity contribution in [2.24, 2.45) is 0 Å². The smallest absolute Gasteiger partial charge is 0.256 e. The Bertz CT molecular complexity index is 658. The molecule has 23 heavy (non-hydrogen) atoms. The van der Waals surface area contributed by atoms with E-state index in [0.717, 1.165) is 5.56 Å². The molecule has 0 N–H and O–H groups in total. The maximum absolute atomic E-state index is 12.8. The molecule has 2 aromatic rings. The molecule has 122 valence electrons. The Morgan fingerprint density at radius 3 is 2.78 bits per heavy atom. The van der Waals surface area contributed by atoms with Gasteiger partial charge < -0.3 is 18.8 Å². The van der Waals surface area contributed by atoms with Crippen LogP contribution >= 0.6 is 0 Å². The van der Waals surface area contributed by atoms with Crippen molar-refractivity contribution in [3.05, 3.63) is 47.7 Å². The molecule has 0 saturated carbocycles. The van der Waals surface area contributed by atoms with E-state index in [2.05, 4.69) is 10.2 Å². The monoisotopic (exact) mass is 317 g/mol. The summed E-state index contributed by atoms with van der Waals surface area (Å²) in [5.74, 6) is 0.781. The van der Waals surface area contributed by atoms with Crippen LogP contribution in [0, 0.1) is 6.92 Å². The minimum absolute atomic E-state index is 0.0942. The second kappa shape index (κ2) is 6.89. The van der Waals surface area contributed by atoms with Crippen LogP contribution in [-0.2, 0) is 14.3 Å². The van der Waals surface area contributed by atoms with E-state index < -0.39 is 12.2 Å². The summed E-state index contributed by atoms with van der Waals surface area (Å²) in [4.78, 5) is 14.5. The van der Waals surface area contributed by atoms with E-state index in [0.29, 0.717) is 31.5 Å². The average molecular weight is 317 g/mol. The SMILES string of the molecule is COC(C(=O)N1CCOC(c2nnc(C)o2)C1)c1ccccc1. The van der Waals surface area contributed by atoms with Crippen molar-refractivity contribution in [2.75, 3.05) is 26.8 Å². The van der Waals surface area contributed by atoms with Crippen LogP contribution in [-0.4, -0.2) is 47.8 Å². The van der Waals surface area contributed by atoms with Crippen molar-refractivity contribution in [3.63, 3.8) is 0 Å². The van der Waals surface area contributed by atoms with Gasteiger partial charge in [0.1, 0.15) is 0 Å². The molecule has 3 rings (SSSR count). The van der Waals surface area contributed by atoms with Crippen molar-refractivity contribution < 1.29 is 18.7 Å². The molecule has 1 fully saturated rings. The first-order valence-electron chi connectivity index (χ1n) is 7.47. The standard InChI is InChI=1S/C16H19N3O4/c1-11-17-18-15(23-11)13-10-19(8-9-22-13)16(20)14(21-2)12-6-4-3-5-7-12/h3-7,13-14H,8-10H2,1-2H3. The Balaban J connectivity index is 1.73. The minimum atomic E-state index is -0.626. The van der Waals surface area contributed by atoms with Crippen LogP contribution in [0.15, 0.2) is 34.7 Å². The zero-order chi connectivity index (χ0) is 16.2. The molecule has 1 saturated heterocycles. The summed E-state index contributed by atoms with van der Waals surface area (Å²) in [5.41, 5.74) is 0.830. The Morgan fingerprint density at radius 2 is 2.13 bits per heavy atom. The maximum Gasteiger partial charge on any atom is 0.256 e. The fourth-order valence-electron chi connectivity index (χ4n) is 2.61. The highest BCUT2D eigenvalue weighted by atomic mass is 16.5. The summed E-state index contributed by atoms with van der Waals surface area (Å²) in [6, 6.07) is 9.44. The molecule has 0 bridgehead atoms. The lowest BCUT2D eigenvalue weighted by Crippen LogP contribution is -2.44.